The summed E-state index contributed by atoms with van der Waals surface area (Å²) in [5, 5.41) is 59.2. The number of hydrogen-bond acceptors (Lipinski definition) is 10. The van der Waals surface area contributed by atoms with Crippen molar-refractivity contribution in [3.05, 3.63) is 116 Å². The maximum Gasteiger partial charge on any atom is 0.150 e. The van der Waals surface area contributed by atoms with Crippen molar-refractivity contribution in [1.82, 2.24) is 0 Å². The second-order valence-corrected chi connectivity index (χ2v) is 22.2. The fourth-order valence-electron chi connectivity index (χ4n) is 7.26. The lowest BCUT2D eigenvalue weighted by molar-refractivity contribution is 0.471. The van der Waals surface area contributed by atoms with Crippen molar-refractivity contribution in [1.29, 1.82) is 0 Å². The summed E-state index contributed by atoms with van der Waals surface area (Å²) in [6.07, 6.45) is 7.58. The van der Waals surface area contributed by atoms with Gasteiger partial charge in [0.15, 0.2) is 0 Å². The van der Waals surface area contributed by atoms with Gasteiger partial charge in [0.2, 0.25) is 0 Å². The third-order valence-corrected chi connectivity index (χ3v) is 11.6. The lowest BCUT2D eigenvalue weighted by Crippen LogP contribution is -2.14. The number of rotatable bonds is 0. The number of fused-ring (bicyclic) bond motifs is 10. The van der Waals surface area contributed by atoms with Crippen LogP contribution in [0.15, 0.2) is 85.6 Å². The van der Waals surface area contributed by atoms with Crippen LogP contribution in [-0.4, -0.2) is 56.6 Å². The van der Waals surface area contributed by atoms with Crippen molar-refractivity contribution in [3.63, 3.8) is 0 Å². The van der Waals surface area contributed by atoms with Gasteiger partial charge in [-0.05, 0) is 109 Å². The highest BCUT2D eigenvalue weighted by atomic mass is 16.3. The van der Waals surface area contributed by atoms with Crippen LogP contribution >= 0.6 is 0 Å². The van der Waals surface area contributed by atoms with Crippen molar-refractivity contribution in [3.8, 4) is 28.7 Å². The monoisotopic (exact) mass is 875 g/mol. The molecule has 1 aliphatic heterocycles. The van der Waals surface area contributed by atoms with Crippen LogP contribution in [0.5, 0.6) is 28.7 Å². The molecule has 0 saturated heterocycles. The molecule has 0 amide bonds. The van der Waals surface area contributed by atoms with Crippen LogP contribution in [0.2, 0.25) is 0 Å². The Morgan fingerprint density at radius 1 is 0.292 bits per heavy atom. The highest BCUT2D eigenvalue weighted by molar-refractivity contribution is 5.97. The Bertz CT molecular complexity index is 2830. The highest BCUT2D eigenvalue weighted by Gasteiger charge is 2.25. The number of phenolic OH excluding ortho intramolecular Hbond substituents is 5. The minimum Gasteiger partial charge on any atom is -0.505 e. The van der Waals surface area contributed by atoms with Gasteiger partial charge in [0.05, 0.1) is 0 Å². The molecule has 5 aromatic rings. The Kier molecular flexibility index (Phi) is 12.6. The largest absolute Gasteiger partial charge is 0.505 e. The molecule has 5 aromatic carbocycles. The lowest BCUT2D eigenvalue weighted by atomic mass is 9.83. The normalized spacial score (nSPS) is 13.8. The predicted octanol–water partition coefficient (Wildman–Crippen LogP) is 13.8. The fraction of sp³-hybridized carbons (Fsp3) is 0.364. The Morgan fingerprint density at radius 3 is 0.815 bits per heavy atom. The molecule has 1 heterocycles. The Morgan fingerprint density at radius 2 is 0.554 bits per heavy atom. The molecule has 340 valence electrons. The summed E-state index contributed by atoms with van der Waals surface area (Å²) < 4.78 is 0. The summed E-state index contributed by atoms with van der Waals surface area (Å²) in [5.41, 5.74) is 5.62. The van der Waals surface area contributed by atoms with Gasteiger partial charge < -0.3 is 25.5 Å². The minimum atomic E-state index is -0.420. The van der Waals surface area contributed by atoms with Crippen LogP contribution in [0, 0.1) is 0 Å². The van der Waals surface area contributed by atoms with Crippen LogP contribution in [0.3, 0.4) is 0 Å². The SMILES string of the molecule is CC(C)(C)c1cc2c(O)c(c1)N=Cc1cc(C(C)(C)C)cc(c1O)N=Cc1c(C(C)(C)C)ccc(c1O)N=Cc1cc(C(C)(C)C)cc(c1O)N=Cc1cc(C(C)(C)C)cc(c1O)N=C2. The van der Waals surface area contributed by atoms with Gasteiger partial charge in [-0.3, -0.25) is 25.0 Å². The first-order valence-electron chi connectivity index (χ1n) is 22.0. The molecule has 0 fully saturated rings. The molecular formula is C55H65N5O5. The summed E-state index contributed by atoms with van der Waals surface area (Å²) in [6, 6.07) is 18.3. The van der Waals surface area contributed by atoms with E-state index < -0.39 is 5.41 Å². The Balaban J connectivity index is 1.71. The maximum absolute atomic E-state index is 12.0. The molecule has 1 aliphatic rings. The average Bonchev–Trinajstić information content (AvgIpc) is 3.18. The van der Waals surface area contributed by atoms with Crippen molar-refractivity contribution in [2.75, 3.05) is 0 Å². The van der Waals surface area contributed by atoms with Gasteiger partial charge in [-0.1, -0.05) is 110 Å². The van der Waals surface area contributed by atoms with Crippen molar-refractivity contribution >= 4 is 59.5 Å². The smallest absolute Gasteiger partial charge is 0.150 e. The van der Waals surface area contributed by atoms with Gasteiger partial charge in [0, 0.05) is 58.9 Å². The molecule has 0 aliphatic carbocycles. The van der Waals surface area contributed by atoms with E-state index >= 15 is 0 Å². The molecule has 10 bridgehead atoms. The predicted molar refractivity (Wildman–Crippen MR) is 270 cm³/mol. The van der Waals surface area contributed by atoms with E-state index in [0.29, 0.717) is 27.8 Å². The number of aliphatic imine (C=N–C) groups is 5. The number of hydrogen-bond donors (Lipinski definition) is 5. The molecule has 5 N–H and O–H groups in total. The zero-order valence-electron chi connectivity index (χ0n) is 40.6. The quantitative estimate of drug-likeness (QED) is 0.102. The topological polar surface area (TPSA) is 163 Å². The van der Waals surface area contributed by atoms with Crippen LogP contribution in [0.1, 0.15) is 159 Å². The van der Waals surface area contributed by atoms with Crippen LogP contribution in [0.4, 0.5) is 28.4 Å². The molecule has 65 heavy (non-hydrogen) atoms. The molecule has 0 unspecified atom stereocenters. The average molecular weight is 876 g/mol. The van der Waals surface area contributed by atoms with E-state index in [1.54, 1.807) is 12.3 Å². The summed E-state index contributed by atoms with van der Waals surface area (Å²) in [5.74, 6) is -0.686. The third-order valence-electron chi connectivity index (χ3n) is 11.6. The van der Waals surface area contributed by atoms with E-state index in [0.717, 1.165) is 27.8 Å². The summed E-state index contributed by atoms with van der Waals surface area (Å²) in [6.45, 7) is 30.8. The van der Waals surface area contributed by atoms with Crippen LogP contribution in [0.25, 0.3) is 0 Å². The number of benzene rings is 5. The van der Waals surface area contributed by atoms with Crippen molar-refractivity contribution in [2.45, 2.75) is 131 Å². The first-order valence-corrected chi connectivity index (χ1v) is 22.0. The molecule has 0 spiro atoms. The van der Waals surface area contributed by atoms with Gasteiger partial charge >= 0.3 is 0 Å². The van der Waals surface area contributed by atoms with Crippen LogP contribution < -0.4 is 0 Å². The molecule has 0 aromatic heterocycles. The minimum absolute atomic E-state index is 0.127. The summed E-state index contributed by atoms with van der Waals surface area (Å²) in [7, 11) is 0. The van der Waals surface area contributed by atoms with Crippen molar-refractivity contribution in [2.24, 2.45) is 25.0 Å². The second-order valence-electron chi connectivity index (χ2n) is 22.2. The Hall–Kier alpha value is -6.55. The van der Waals surface area contributed by atoms with E-state index in [2.05, 4.69) is 83.1 Å². The zero-order valence-corrected chi connectivity index (χ0v) is 40.6. The standard InChI is InChI=1S/C55H65N5O5/c1-51(2,3)35-18-31-26-56-41-17-16-40(55(13,14)15)39(50(41)65)30-60-45-25-38(54(10,11)12)21-34(49(45)64)29-59-44-24-37(53(7,8)9)20-33(48(44)63)28-58-43-23-36(52(4,5)6)19-32(47(43)62)27-57-42(22-35)46(31)61/h16-30,61-65H,1-15H3. The zero-order chi connectivity index (χ0) is 48.2. The number of nitrogens with zero attached hydrogens (tertiary/aromatic N) is 5. The second kappa shape index (κ2) is 17.1. The first kappa shape index (κ1) is 47.9. The van der Waals surface area contributed by atoms with Gasteiger partial charge in [-0.15, -0.1) is 0 Å². The molecule has 10 heteroatoms. The van der Waals surface area contributed by atoms with E-state index in [4.69, 9.17) is 25.0 Å². The van der Waals surface area contributed by atoms with E-state index in [9.17, 15) is 25.5 Å². The molecule has 10 nitrogen and oxygen atoms in total. The molecule has 6 rings (SSSR count). The number of phenols is 5. The molecule has 0 saturated carbocycles. The van der Waals surface area contributed by atoms with Crippen molar-refractivity contribution < 1.29 is 25.5 Å². The summed E-state index contributed by atoms with van der Waals surface area (Å²) in [4.78, 5) is 23.8. The van der Waals surface area contributed by atoms with E-state index in [1.165, 1.54) is 24.9 Å². The Labute approximate surface area is 384 Å². The summed E-state index contributed by atoms with van der Waals surface area (Å²) >= 11 is 0. The molecular weight excluding hydrogens is 811 g/mol. The highest BCUT2D eigenvalue weighted by Crippen LogP contribution is 2.43. The molecule has 0 radical (unpaired) electrons. The van der Waals surface area contributed by atoms with Gasteiger partial charge in [0.1, 0.15) is 57.2 Å². The third kappa shape index (κ3) is 10.5. The lowest BCUT2D eigenvalue weighted by Gasteiger charge is -2.23. The van der Waals surface area contributed by atoms with Gasteiger partial charge in [-0.2, -0.15) is 0 Å². The van der Waals surface area contributed by atoms with Gasteiger partial charge in [-0.25, -0.2) is 0 Å². The van der Waals surface area contributed by atoms with Gasteiger partial charge in [0.25, 0.3) is 0 Å². The molecule has 0 atom stereocenters. The van der Waals surface area contributed by atoms with E-state index in [1.807, 2.05) is 75.4 Å². The maximum atomic E-state index is 12.0. The number of aromatic hydroxyl groups is 5. The fourth-order valence-corrected chi connectivity index (χ4v) is 7.26. The van der Waals surface area contributed by atoms with Crippen LogP contribution in [-0.2, 0) is 27.1 Å². The van der Waals surface area contributed by atoms with E-state index in [-0.39, 0.29) is 78.8 Å². The first-order chi connectivity index (χ1) is 29.9.